The Kier molecular flexibility index (Phi) is 6.29. The van der Waals surface area contributed by atoms with Crippen LogP contribution in [0.4, 0.5) is 8.78 Å². The van der Waals surface area contributed by atoms with Crippen LogP contribution >= 0.6 is 0 Å². The lowest BCUT2D eigenvalue weighted by Crippen LogP contribution is -2.43. The Labute approximate surface area is 151 Å². The molecule has 0 aliphatic heterocycles. The predicted octanol–water partition coefficient (Wildman–Crippen LogP) is 4.12. The zero-order chi connectivity index (χ0) is 19.3. The number of amides is 1. The number of benzene rings is 2. The smallest absolute Gasteiger partial charge is 0.261 e. The lowest BCUT2D eigenvalue weighted by Gasteiger charge is -2.24. The molecule has 0 aromatic heterocycles. The topological polar surface area (TPSA) is 62.1 Å². The van der Waals surface area contributed by atoms with Gasteiger partial charge in [0.05, 0.1) is 11.6 Å². The van der Waals surface area contributed by atoms with Crippen LogP contribution in [0.15, 0.2) is 42.5 Å². The second-order valence-electron chi connectivity index (χ2n) is 6.29. The lowest BCUT2D eigenvalue weighted by molar-refractivity contribution is -0.130. The first-order chi connectivity index (χ1) is 12.3. The van der Waals surface area contributed by atoms with E-state index in [1.54, 1.807) is 31.2 Å². The number of halogens is 2. The number of ether oxygens (including phenoxy) is 1. The Morgan fingerprint density at radius 2 is 1.85 bits per heavy atom. The molecule has 2 aromatic rings. The number of carbonyl (C=O) groups is 1. The summed E-state index contributed by atoms with van der Waals surface area (Å²) >= 11 is 0. The lowest BCUT2D eigenvalue weighted by atomic mass is 10.0. The molecule has 2 atom stereocenters. The highest BCUT2D eigenvalue weighted by Crippen LogP contribution is 2.22. The largest absolute Gasteiger partial charge is 0.479 e. The fourth-order valence-corrected chi connectivity index (χ4v) is 2.52. The molecule has 0 bridgehead atoms. The fraction of sp³-hybridized carbons (Fsp3) is 0.300. The predicted molar refractivity (Wildman–Crippen MR) is 93.3 cm³/mol. The van der Waals surface area contributed by atoms with Gasteiger partial charge in [-0.05, 0) is 31.0 Å². The van der Waals surface area contributed by atoms with E-state index in [1.165, 1.54) is 6.07 Å². The number of nitrogens with one attached hydrogen (secondary N) is 1. The van der Waals surface area contributed by atoms with E-state index >= 15 is 0 Å². The minimum absolute atomic E-state index is 0.180. The van der Waals surface area contributed by atoms with Gasteiger partial charge in [-0.15, -0.1) is 0 Å². The van der Waals surface area contributed by atoms with E-state index in [2.05, 4.69) is 5.32 Å². The average molecular weight is 358 g/mol. The van der Waals surface area contributed by atoms with Gasteiger partial charge in [0.25, 0.3) is 5.91 Å². The molecular formula is C20H20F2N2O2. The van der Waals surface area contributed by atoms with Gasteiger partial charge < -0.3 is 10.1 Å². The average Bonchev–Trinajstić information content (AvgIpc) is 2.59. The fourth-order valence-electron chi connectivity index (χ4n) is 2.52. The van der Waals surface area contributed by atoms with Crippen molar-refractivity contribution in [2.45, 2.75) is 32.9 Å². The first-order valence-electron chi connectivity index (χ1n) is 8.24. The molecule has 0 aliphatic carbocycles. The summed E-state index contributed by atoms with van der Waals surface area (Å²) in [5.41, 5.74) is 0.503. The highest BCUT2D eigenvalue weighted by atomic mass is 19.1. The molecule has 0 heterocycles. The number of rotatable bonds is 6. The van der Waals surface area contributed by atoms with Crippen molar-refractivity contribution in [3.8, 4) is 11.8 Å². The number of hydrogen-bond acceptors (Lipinski definition) is 3. The SMILES string of the molecule is CC(NC(=O)C(Oc1ccccc1C#N)C(C)C)c1ccc(F)cc1F. The summed E-state index contributed by atoms with van der Waals surface area (Å²) in [6, 6.07) is 11.2. The molecule has 4 nitrogen and oxygen atoms in total. The standard InChI is InChI=1S/C20H20F2N2O2/c1-12(2)19(26-18-7-5-4-6-14(18)11-23)20(25)24-13(3)16-9-8-15(21)10-17(16)22/h4-10,12-13,19H,1-3H3,(H,24,25). The molecule has 0 aliphatic rings. The van der Waals surface area contributed by atoms with Gasteiger partial charge in [-0.1, -0.05) is 32.0 Å². The quantitative estimate of drug-likeness (QED) is 0.845. The molecule has 26 heavy (non-hydrogen) atoms. The van der Waals surface area contributed by atoms with Crippen LogP contribution in [0.25, 0.3) is 0 Å². The molecule has 2 rings (SSSR count). The second-order valence-corrected chi connectivity index (χ2v) is 6.29. The molecule has 0 spiro atoms. The molecule has 2 unspecified atom stereocenters. The third-order valence-electron chi connectivity index (χ3n) is 3.91. The number of carbonyl (C=O) groups excluding carboxylic acids is 1. The normalized spacial score (nSPS) is 13.0. The maximum absolute atomic E-state index is 13.9. The van der Waals surface area contributed by atoms with Gasteiger partial charge in [0.15, 0.2) is 6.10 Å². The zero-order valence-corrected chi connectivity index (χ0v) is 14.8. The van der Waals surface area contributed by atoms with Gasteiger partial charge in [0.1, 0.15) is 23.5 Å². The van der Waals surface area contributed by atoms with Crippen molar-refractivity contribution >= 4 is 5.91 Å². The Bertz CT molecular complexity index is 831. The number of nitrogens with zero attached hydrogens (tertiary/aromatic N) is 1. The molecule has 2 aromatic carbocycles. The monoisotopic (exact) mass is 358 g/mol. The first kappa shape index (κ1) is 19.4. The van der Waals surface area contributed by atoms with E-state index < -0.39 is 29.7 Å². The van der Waals surface area contributed by atoms with E-state index in [0.29, 0.717) is 11.3 Å². The van der Waals surface area contributed by atoms with Crippen LogP contribution in [-0.4, -0.2) is 12.0 Å². The maximum Gasteiger partial charge on any atom is 0.261 e. The van der Waals surface area contributed by atoms with Crippen molar-refractivity contribution in [2.75, 3.05) is 0 Å². The van der Waals surface area contributed by atoms with E-state index in [1.807, 2.05) is 19.9 Å². The molecule has 1 N–H and O–H groups in total. The summed E-state index contributed by atoms with van der Waals surface area (Å²) in [6.07, 6.45) is -0.865. The van der Waals surface area contributed by atoms with Gasteiger partial charge in [0, 0.05) is 11.6 Å². The molecule has 136 valence electrons. The summed E-state index contributed by atoms with van der Waals surface area (Å²) < 4.78 is 32.7. The minimum atomic E-state index is -0.865. The molecule has 0 fully saturated rings. The third-order valence-corrected chi connectivity index (χ3v) is 3.91. The highest BCUT2D eigenvalue weighted by molar-refractivity contribution is 5.82. The van der Waals surface area contributed by atoms with Crippen molar-refractivity contribution in [1.29, 1.82) is 5.26 Å². The van der Waals surface area contributed by atoms with Crippen LogP contribution in [-0.2, 0) is 4.79 Å². The van der Waals surface area contributed by atoms with Gasteiger partial charge in [-0.2, -0.15) is 5.26 Å². The van der Waals surface area contributed by atoms with E-state index in [4.69, 9.17) is 10.00 Å². The van der Waals surface area contributed by atoms with E-state index in [0.717, 1.165) is 12.1 Å². The van der Waals surface area contributed by atoms with Crippen LogP contribution in [0.5, 0.6) is 5.75 Å². The third kappa shape index (κ3) is 4.57. The van der Waals surface area contributed by atoms with Crippen LogP contribution < -0.4 is 10.1 Å². The minimum Gasteiger partial charge on any atom is -0.479 e. The van der Waals surface area contributed by atoms with Crippen molar-refractivity contribution in [3.63, 3.8) is 0 Å². The van der Waals surface area contributed by atoms with Crippen LogP contribution in [0.2, 0.25) is 0 Å². The first-order valence-corrected chi connectivity index (χ1v) is 8.24. The van der Waals surface area contributed by atoms with Gasteiger partial charge in [-0.25, -0.2) is 8.78 Å². The van der Waals surface area contributed by atoms with E-state index in [9.17, 15) is 13.6 Å². The van der Waals surface area contributed by atoms with Crippen LogP contribution in [0.3, 0.4) is 0 Å². The number of para-hydroxylation sites is 1. The van der Waals surface area contributed by atoms with Crippen molar-refractivity contribution < 1.29 is 18.3 Å². The summed E-state index contributed by atoms with van der Waals surface area (Å²) in [5, 5.41) is 11.8. The molecule has 0 saturated carbocycles. The highest BCUT2D eigenvalue weighted by Gasteiger charge is 2.27. The zero-order valence-electron chi connectivity index (χ0n) is 14.8. The summed E-state index contributed by atoms with van der Waals surface area (Å²) in [7, 11) is 0. The number of hydrogen-bond donors (Lipinski definition) is 1. The summed E-state index contributed by atoms with van der Waals surface area (Å²) in [4.78, 5) is 12.6. The Morgan fingerprint density at radius 3 is 2.46 bits per heavy atom. The molecule has 0 saturated heterocycles. The van der Waals surface area contributed by atoms with Gasteiger partial charge in [-0.3, -0.25) is 4.79 Å². The van der Waals surface area contributed by atoms with Crippen molar-refractivity contribution in [2.24, 2.45) is 5.92 Å². The van der Waals surface area contributed by atoms with E-state index in [-0.39, 0.29) is 11.5 Å². The maximum atomic E-state index is 13.9. The molecule has 1 amide bonds. The molecular weight excluding hydrogens is 338 g/mol. The molecule has 6 heteroatoms. The molecule has 0 radical (unpaired) electrons. The van der Waals surface area contributed by atoms with Gasteiger partial charge in [0.2, 0.25) is 0 Å². The number of nitriles is 1. The Morgan fingerprint density at radius 1 is 1.15 bits per heavy atom. The Balaban J connectivity index is 2.17. The van der Waals surface area contributed by atoms with Crippen LogP contribution in [0, 0.1) is 28.9 Å². The van der Waals surface area contributed by atoms with Crippen LogP contribution in [0.1, 0.15) is 37.9 Å². The van der Waals surface area contributed by atoms with Gasteiger partial charge >= 0.3 is 0 Å². The van der Waals surface area contributed by atoms with Crippen molar-refractivity contribution in [1.82, 2.24) is 5.32 Å². The second kappa shape index (κ2) is 8.43. The Hall–Kier alpha value is -2.94. The van der Waals surface area contributed by atoms with Crippen molar-refractivity contribution in [3.05, 3.63) is 65.2 Å². The summed E-state index contributed by atoms with van der Waals surface area (Å²) in [6.45, 7) is 5.22. The summed E-state index contributed by atoms with van der Waals surface area (Å²) in [5.74, 6) is -1.73.